The van der Waals surface area contributed by atoms with Crippen molar-refractivity contribution in [3.05, 3.63) is 24.3 Å². The molecule has 4 heteroatoms. The summed E-state index contributed by atoms with van der Waals surface area (Å²) in [6, 6.07) is 0. The summed E-state index contributed by atoms with van der Waals surface area (Å²) in [5, 5.41) is 13.2. The van der Waals surface area contributed by atoms with Crippen LogP contribution >= 0.6 is 0 Å². The lowest BCUT2D eigenvalue weighted by Crippen LogP contribution is -2.31. The number of hydrogen-bond acceptors (Lipinski definition) is 3. The average Bonchev–Trinajstić information content (AvgIpc) is 3.20. The smallest absolute Gasteiger partial charge is 0.220 e. The highest BCUT2D eigenvalue weighted by atomic mass is 16.3. The molecule has 0 bridgehead atoms. The Bertz CT molecular complexity index is 851. The van der Waals surface area contributed by atoms with Gasteiger partial charge in [0.25, 0.3) is 0 Å². The molecule has 0 rings (SSSR count). The fraction of sp³-hybridized carbons (Fsp3) is 0.885. The SMILES string of the molecule is CCCCC/C=C\C/C=C\CCCCCCCC(=O)CCCCCCCCCCCCCCCC(=O)NCC(O)CCCCCCCCCCCCCCCC. The van der Waals surface area contributed by atoms with Crippen LogP contribution < -0.4 is 5.32 Å². The summed E-state index contributed by atoms with van der Waals surface area (Å²) >= 11 is 0. The van der Waals surface area contributed by atoms with Gasteiger partial charge in [0.05, 0.1) is 6.10 Å². The van der Waals surface area contributed by atoms with E-state index in [1.54, 1.807) is 0 Å². The van der Waals surface area contributed by atoms with Gasteiger partial charge < -0.3 is 10.4 Å². The number of ketones is 1. The molecule has 56 heavy (non-hydrogen) atoms. The second-order valence-electron chi connectivity index (χ2n) is 17.5. The van der Waals surface area contributed by atoms with Crippen LogP contribution in [0.15, 0.2) is 24.3 Å². The number of rotatable bonds is 47. The van der Waals surface area contributed by atoms with Gasteiger partial charge in [-0.2, -0.15) is 0 Å². The van der Waals surface area contributed by atoms with Crippen LogP contribution in [0.1, 0.15) is 284 Å². The molecule has 0 aliphatic carbocycles. The first-order valence-corrected chi connectivity index (χ1v) is 25.4. The molecule has 0 aliphatic rings. The summed E-state index contributed by atoms with van der Waals surface area (Å²) in [7, 11) is 0. The molecular weight excluding hydrogens is 687 g/mol. The summed E-state index contributed by atoms with van der Waals surface area (Å²) < 4.78 is 0. The lowest BCUT2D eigenvalue weighted by Gasteiger charge is -2.12. The van der Waals surface area contributed by atoms with Gasteiger partial charge in [0.15, 0.2) is 0 Å². The predicted octanol–water partition coefficient (Wildman–Crippen LogP) is 16.6. The molecule has 0 fully saturated rings. The van der Waals surface area contributed by atoms with Crippen LogP contribution in [0.5, 0.6) is 0 Å². The molecule has 1 unspecified atom stereocenters. The van der Waals surface area contributed by atoms with Crippen molar-refractivity contribution in [1.82, 2.24) is 5.32 Å². The van der Waals surface area contributed by atoms with Crippen molar-refractivity contribution < 1.29 is 14.7 Å². The van der Waals surface area contributed by atoms with Crippen LogP contribution in [0.3, 0.4) is 0 Å². The molecular formula is C52H99NO3. The summed E-state index contributed by atoms with van der Waals surface area (Å²) in [6.07, 6.45) is 60.5. The highest BCUT2D eigenvalue weighted by Gasteiger charge is 2.07. The number of Topliss-reactive ketones (excluding diaryl/α,β-unsaturated/α-hetero) is 1. The van der Waals surface area contributed by atoms with Gasteiger partial charge in [-0.3, -0.25) is 9.59 Å². The number of nitrogens with one attached hydrogen (secondary N) is 1. The van der Waals surface area contributed by atoms with E-state index >= 15 is 0 Å². The van der Waals surface area contributed by atoms with E-state index in [1.165, 1.54) is 205 Å². The third kappa shape index (κ3) is 47.0. The van der Waals surface area contributed by atoms with Gasteiger partial charge in [-0.25, -0.2) is 0 Å². The maximum atomic E-state index is 12.2. The molecule has 1 atom stereocenters. The molecule has 0 aromatic heterocycles. The van der Waals surface area contributed by atoms with Crippen molar-refractivity contribution in [3.8, 4) is 0 Å². The van der Waals surface area contributed by atoms with Gasteiger partial charge in [-0.1, -0.05) is 231 Å². The summed E-state index contributed by atoms with van der Waals surface area (Å²) in [5.41, 5.74) is 0. The van der Waals surface area contributed by atoms with Crippen molar-refractivity contribution in [1.29, 1.82) is 0 Å². The molecule has 0 saturated carbocycles. The minimum atomic E-state index is -0.400. The normalized spacial score (nSPS) is 12.3. The van der Waals surface area contributed by atoms with Crippen LogP contribution in [0.25, 0.3) is 0 Å². The maximum absolute atomic E-state index is 12.2. The largest absolute Gasteiger partial charge is 0.391 e. The second kappa shape index (κ2) is 48.0. The van der Waals surface area contributed by atoms with Crippen LogP contribution in [0, 0.1) is 0 Å². The Labute approximate surface area is 351 Å². The Morgan fingerprint density at radius 3 is 1.16 bits per heavy atom. The second-order valence-corrected chi connectivity index (χ2v) is 17.5. The van der Waals surface area contributed by atoms with Gasteiger partial charge in [-0.05, 0) is 57.8 Å². The summed E-state index contributed by atoms with van der Waals surface area (Å²) in [5.74, 6) is 0.587. The van der Waals surface area contributed by atoms with E-state index in [4.69, 9.17) is 0 Å². The minimum Gasteiger partial charge on any atom is -0.391 e. The van der Waals surface area contributed by atoms with E-state index in [0.29, 0.717) is 18.7 Å². The van der Waals surface area contributed by atoms with E-state index in [9.17, 15) is 14.7 Å². The lowest BCUT2D eigenvalue weighted by atomic mass is 10.0. The molecule has 4 nitrogen and oxygen atoms in total. The molecule has 0 aliphatic heterocycles. The van der Waals surface area contributed by atoms with E-state index in [0.717, 1.165) is 57.8 Å². The van der Waals surface area contributed by atoms with Crippen LogP contribution in [-0.2, 0) is 9.59 Å². The van der Waals surface area contributed by atoms with E-state index in [-0.39, 0.29) is 5.91 Å². The van der Waals surface area contributed by atoms with E-state index in [1.807, 2.05) is 0 Å². The average molecular weight is 786 g/mol. The molecule has 0 spiro atoms. The zero-order valence-electron chi connectivity index (χ0n) is 38.1. The topological polar surface area (TPSA) is 66.4 Å². The van der Waals surface area contributed by atoms with Crippen molar-refractivity contribution in [3.63, 3.8) is 0 Å². The third-order valence-corrected chi connectivity index (χ3v) is 11.7. The zero-order chi connectivity index (χ0) is 40.7. The fourth-order valence-electron chi connectivity index (χ4n) is 7.81. The number of carbonyl (C=O) groups excluding carboxylic acids is 2. The van der Waals surface area contributed by atoms with Gasteiger partial charge in [0, 0.05) is 25.8 Å². The molecule has 0 aromatic rings. The highest BCUT2D eigenvalue weighted by molar-refractivity contribution is 5.78. The van der Waals surface area contributed by atoms with Crippen LogP contribution in [-0.4, -0.2) is 29.4 Å². The zero-order valence-corrected chi connectivity index (χ0v) is 38.1. The molecule has 1 amide bonds. The number of aliphatic hydroxyl groups is 1. The van der Waals surface area contributed by atoms with Crippen molar-refractivity contribution >= 4 is 11.7 Å². The monoisotopic (exact) mass is 786 g/mol. The van der Waals surface area contributed by atoms with E-state index in [2.05, 4.69) is 43.5 Å². The Hall–Kier alpha value is -1.42. The quantitative estimate of drug-likeness (QED) is 0.0477. The minimum absolute atomic E-state index is 0.101. The molecule has 0 saturated heterocycles. The highest BCUT2D eigenvalue weighted by Crippen LogP contribution is 2.16. The number of amides is 1. The molecule has 0 radical (unpaired) electrons. The van der Waals surface area contributed by atoms with Crippen molar-refractivity contribution in [2.45, 2.75) is 290 Å². The lowest BCUT2D eigenvalue weighted by molar-refractivity contribution is -0.121. The Balaban J connectivity index is 3.32. The van der Waals surface area contributed by atoms with Gasteiger partial charge in [0.1, 0.15) is 5.78 Å². The Kier molecular flexibility index (Phi) is 46.7. The maximum Gasteiger partial charge on any atom is 0.220 e. The summed E-state index contributed by atoms with van der Waals surface area (Å²) in [6.45, 7) is 4.95. The number of aliphatic hydroxyl groups excluding tert-OH is 1. The van der Waals surface area contributed by atoms with Crippen LogP contribution in [0.4, 0.5) is 0 Å². The Morgan fingerprint density at radius 1 is 0.411 bits per heavy atom. The molecule has 0 aromatic carbocycles. The molecule has 0 heterocycles. The molecule has 2 N–H and O–H groups in total. The predicted molar refractivity (Wildman–Crippen MR) is 248 cm³/mol. The van der Waals surface area contributed by atoms with E-state index < -0.39 is 6.10 Å². The standard InChI is InChI=1S/C52H99NO3/c1-3-5-7-9-11-13-15-17-19-22-25-29-33-37-41-45-50(54)46-42-38-34-30-26-23-20-24-28-32-36-40-44-48-52(56)53-49-51(55)47-43-39-35-31-27-21-18-16-14-12-10-8-6-4-2/h11,13,17,19,51,55H,3-10,12,14-16,18,20-49H2,1-2H3,(H,53,56)/b13-11-,19-17-. The fourth-order valence-corrected chi connectivity index (χ4v) is 7.81. The Morgan fingerprint density at radius 2 is 0.732 bits per heavy atom. The van der Waals surface area contributed by atoms with Crippen molar-refractivity contribution in [2.75, 3.05) is 6.54 Å². The number of allylic oxidation sites excluding steroid dienone is 4. The number of carbonyl (C=O) groups is 2. The van der Waals surface area contributed by atoms with Gasteiger partial charge in [0.2, 0.25) is 5.91 Å². The number of unbranched alkanes of at least 4 members (excludes halogenated alkanes) is 33. The first-order chi connectivity index (χ1) is 27.6. The van der Waals surface area contributed by atoms with Crippen molar-refractivity contribution in [2.24, 2.45) is 0 Å². The first-order valence-electron chi connectivity index (χ1n) is 25.4. The molecule has 330 valence electrons. The van der Waals surface area contributed by atoms with Gasteiger partial charge in [-0.15, -0.1) is 0 Å². The van der Waals surface area contributed by atoms with Gasteiger partial charge >= 0.3 is 0 Å². The summed E-state index contributed by atoms with van der Waals surface area (Å²) in [4.78, 5) is 24.4. The van der Waals surface area contributed by atoms with Crippen LogP contribution in [0.2, 0.25) is 0 Å². The first kappa shape index (κ1) is 54.6. The number of hydrogen-bond donors (Lipinski definition) is 2. The third-order valence-electron chi connectivity index (χ3n) is 11.7.